The van der Waals surface area contributed by atoms with Gasteiger partial charge in [-0.05, 0) is 37.7 Å². The molecule has 0 radical (unpaired) electrons. The van der Waals surface area contributed by atoms with Gasteiger partial charge < -0.3 is 9.64 Å². The number of hydrogen-bond acceptors (Lipinski definition) is 4. The van der Waals surface area contributed by atoms with Crippen LogP contribution in [0.2, 0.25) is 0 Å². The zero-order chi connectivity index (χ0) is 20.0. The highest BCUT2D eigenvalue weighted by Gasteiger charge is 2.36. The van der Waals surface area contributed by atoms with Gasteiger partial charge in [0, 0.05) is 38.4 Å². The molecule has 0 N–H and O–H groups in total. The molecule has 0 aliphatic carbocycles. The normalized spacial score (nSPS) is 20.2. The molecule has 28 heavy (non-hydrogen) atoms. The second kappa shape index (κ2) is 9.85. The lowest BCUT2D eigenvalue weighted by Gasteiger charge is -2.43. The van der Waals surface area contributed by atoms with E-state index in [-0.39, 0.29) is 23.7 Å². The van der Waals surface area contributed by atoms with Crippen LogP contribution in [-0.2, 0) is 26.0 Å². The zero-order valence-electron chi connectivity index (χ0n) is 16.8. The van der Waals surface area contributed by atoms with Gasteiger partial charge in [0.1, 0.15) is 0 Å². The quantitative estimate of drug-likeness (QED) is 0.695. The molecule has 2 fully saturated rings. The number of benzene rings is 1. The number of nitrogens with zero attached hydrogens (tertiary/aromatic N) is 2. The minimum Gasteiger partial charge on any atom is -0.381 e. The summed E-state index contributed by atoms with van der Waals surface area (Å²) in [5, 5.41) is 0. The molecule has 0 saturated carbocycles. The predicted octanol–water partition coefficient (Wildman–Crippen LogP) is 2.44. The molecular formula is C21H32N2O4S. The summed E-state index contributed by atoms with van der Waals surface area (Å²) in [5.74, 6) is 0.349. The van der Waals surface area contributed by atoms with Crippen molar-refractivity contribution in [1.82, 2.24) is 9.21 Å². The van der Waals surface area contributed by atoms with E-state index >= 15 is 0 Å². The Morgan fingerprint density at radius 2 is 1.68 bits per heavy atom. The van der Waals surface area contributed by atoms with Crippen molar-refractivity contribution in [1.29, 1.82) is 0 Å². The highest BCUT2D eigenvalue weighted by Crippen LogP contribution is 2.26. The third-order valence-electron chi connectivity index (χ3n) is 5.74. The lowest BCUT2D eigenvalue weighted by atomic mass is 9.97. The maximum atomic E-state index is 13.2. The van der Waals surface area contributed by atoms with Crippen molar-refractivity contribution < 1.29 is 17.9 Å². The van der Waals surface area contributed by atoms with Crippen molar-refractivity contribution in [3.8, 4) is 0 Å². The lowest BCUT2D eigenvalue weighted by molar-refractivity contribution is -0.138. The van der Waals surface area contributed by atoms with Crippen LogP contribution in [0.4, 0.5) is 0 Å². The average Bonchev–Trinajstić information content (AvgIpc) is 2.70. The van der Waals surface area contributed by atoms with Crippen LogP contribution in [-0.4, -0.2) is 67.7 Å². The van der Waals surface area contributed by atoms with Crippen LogP contribution in [0.1, 0.15) is 44.6 Å². The van der Waals surface area contributed by atoms with Gasteiger partial charge in [-0.15, -0.1) is 0 Å². The van der Waals surface area contributed by atoms with E-state index in [4.69, 9.17) is 4.74 Å². The summed E-state index contributed by atoms with van der Waals surface area (Å²) >= 11 is 0. The van der Waals surface area contributed by atoms with Crippen molar-refractivity contribution in [3.05, 3.63) is 35.9 Å². The molecule has 7 heteroatoms. The Balaban J connectivity index is 1.70. The van der Waals surface area contributed by atoms with E-state index in [1.165, 1.54) is 0 Å². The van der Waals surface area contributed by atoms with Crippen molar-refractivity contribution >= 4 is 15.9 Å². The molecule has 0 unspecified atom stereocenters. The fraction of sp³-hybridized carbons (Fsp3) is 0.667. The van der Waals surface area contributed by atoms with Gasteiger partial charge in [-0.25, -0.2) is 12.7 Å². The number of sulfonamides is 1. The number of ether oxygens (including phenoxy) is 1. The summed E-state index contributed by atoms with van der Waals surface area (Å²) in [7, 11) is -3.17. The van der Waals surface area contributed by atoms with E-state index in [9.17, 15) is 13.2 Å². The molecule has 156 valence electrons. The number of hydrogen-bond donors (Lipinski definition) is 0. The Bertz CT molecular complexity index is 724. The molecular weight excluding hydrogens is 376 g/mol. The molecule has 1 amide bonds. The van der Waals surface area contributed by atoms with E-state index in [0.29, 0.717) is 52.0 Å². The van der Waals surface area contributed by atoms with Crippen LogP contribution in [0, 0.1) is 0 Å². The summed E-state index contributed by atoms with van der Waals surface area (Å²) in [5.41, 5.74) is 1.02. The molecule has 1 aromatic rings. The molecule has 0 aromatic heterocycles. The average molecular weight is 409 g/mol. The van der Waals surface area contributed by atoms with Crippen molar-refractivity contribution in [2.24, 2.45) is 0 Å². The molecule has 0 atom stereocenters. The molecule has 2 aliphatic heterocycles. The van der Waals surface area contributed by atoms with Crippen LogP contribution in [0.5, 0.6) is 0 Å². The zero-order valence-corrected chi connectivity index (χ0v) is 17.6. The minimum atomic E-state index is -3.17. The summed E-state index contributed by atoms with van der Waals surface area (Å²) in [6, 6.07) is 10.1. The first-order valence-corrected chi connectivity index (χ1v) is 12.0. The van der Waals surface area contributed by atoms with Gasteiger partial charge in [0.15, 0.2) is 0 Å². The van der Waals surface area contributed by atoms with E-state index in [1.54, 1.807) is 4.31 Å². The Kier molecular flexibility index (Phi) is 7.48. The molecule has 0 spiro atoms. The topological polar surface area (TPSA) is 66.9 Å². The maximum absolute atomic E-state index is 13.2. The van der Waals surface area contributed by atoms with Gasteiger partial charge in [0.2, 0.25) is 15.9 Å². The first kappa shape index (κ1) is 21.3. The fourth-order valence-corrected chi connectivity index (χ4v) is 5.86. The number of rotatable bonds is 7. The van der Waals surface area contributed by atoms with Crippen molar-refractivity contribution in [2.75, 3.05) is 32.1 Å². The van der Waals surface area contributed by atoms with Crippen LogP contribution in [0.3, 0.4) is 0 Å². The van der Waals surface area contributed by atoms with Crippen LogP contribution in [0.15, 0.2) is 30.3 Å². The first-order valence-electron chi connectivity index (χ1n) is 10.4. The molecule has 3 rings (SSSR count). The summed E-state index contributed by atoms with van der Waals surface area (Å²) in [6.07, 6.45) is 4.16. The van der Waals surface area contributed by atoms with Gasteiger partial charge in [-0.2, -0.15) is 0 Å². The lowest BCUT2D eigenvalue weighted by Crippen LogP contribution is -2.54. The van der Waals surface area contributed by atoms with Crippen molar-refractivity contribution in [2.45, 2.75) is 57.5 Å². The van der Waals surface area contributed by atoms with E-state index in [0.717, 1.165) is 18.4 Å². The van der Waals surface area contributed by atoms with Gasteiger partial charge in [-0.1, -0.05) is 37.3 Å². The molecule has 0 bridgehead atoms. The summed E-state index contributed by atoms with van der Waals surface area (Å²) < 4.78 is 31.8. The van der Waals surface area contributed by atoms with Gasteiger partial charge in [0.25, 0.3) is 0 Å². The molecule has 6 nitrogen and oxygen atoms in total. The van der Waals surface area contributed by atoms with E-state index < -0.39 is 10.0 Å². The Morgan fingerprint density at radius 1 is 1.07 bits per heavy atom. The first-order chi connectivity index (χ1) is 13.5. The van der Waals surface area contributed by atoms with Crippen LogP contribution in [0.25, 0.3) is 0 Å². The smallest absolute Gasteiger partial charge is 0.227 e. The van der Waals surface area contributed by atoms with Gasteiger partial charge in [0.05, 0.1) is 12.2 Å². The number of amides is 1. The van der Waals surface area contributed by atoms with E-state index in [1.807, 2.05) is 37.3 Å². The Labute approximate surface area is 168 Å². The van der Waals surface area contributed by atoms with Crippen LogP contribution >= 0.6 is 0 Å². The largest absolute Gasteiger partial charge is 0.381 e. The number of carbonyl (C=O) groups is 1. The molecule has 2 aliphatic rings. The third kappa shape index (κ3) is 5.33. The second-order valence-corrected chi connectivity index (χ2v) is 9.84. The Morgan fingerprint density at radius 3 is 2.29 bits per heavy atom. The third-order valence-corrected chi connectivity index (χ3v) is 7.82. The fourth-order valence-electron chi connectivity index (χ4n) is 4.32. The molecule has 2 saturated heterocycles. The van der Waals surface area contributed by atoms with Gasteiger partial charge in [-0.3, -0.25) is 4.79 Å². The summed E-state index contributed by atoms with van der Waals surface area (Å²) in [6.45, 7) is 4.27. The Hall–Kier alpha value is -1.44. The predicted molar refractivity (Wildman–Crippen MR) is 110 cm³/mol. The summed E-state index contributed by atoms with van der Waals surface area (Å²) in [4.78, 5) is 15.3. The molecule has 2 heterocycles. The maximum Gasteiger partial charge on any atom is 0.227 e. The van der Waals surface area contributed by atoms with Crippen molar-refractivity contribution in [3.63, 3.8) is 0 Å². The number of carbonyl (C=O) groups excluding carboxylic acids is 1. The highest BCUT2D eigenvalue weighted by atomic mass is 32.2. The standard InChI is InChI=1S/C21H32N2O4S/c1-2-16-28(25,26)22-12-8-19(9-13-22)23(20-10-14-27-15-11-20)21(24)17-18-6-4-3-5-7-18/h3-7,19-20H,2,8-17H2,1H3. The minimum absolute atomic E-state index is 0.104. The van der Waals surface area contributed by atoms with Crippen LogP contribution < -0.4 is 0 Å². The van der Waals surface area contributed by atoms with E-state index in [2.05, 4.69) is 4.90 Å². The highest BCUT2D eigenvalue weighted by molar-refractivity contribution is 7.89. The second-order valence-electron chi connectivity index (χ2n) is 7.75. The van der Waals surface area contributed by atoms with Gasteiger partial charge >= 0.3 is 0 Å². The SMILES string of the molecule is CCCS(=O)(=O)N1CCC(N(C(=O)Cc2ccccc2)C2CCOCC2)CC1. The monoisotopic (exact) mass is 408 g/mol. The number of piperidine rings is 1. The molecule has 1 aromatic carbocycles.